The molecule has 4 heteroatoms. The van der Waals surface area contributed by atoms with Crippen LogP contribution in [0.3, 0.4) is 0 Å². The molecule has 1 aromatic carbocycles. The van der Waals surface area contributed by atoms with Gasteiger partial charge >= 0.3 is 0 Å². The van der Waals surface area contributed by atoms with Crippen LogP contribution in [0.15, 0.2) is 18.2 Å². The summed E-state index contributed by atoms with van der Waals surface area (Å²) in [6.45, 7) is 8.56. The molecule has 0 bridgehead atoms. The molecule has 0 radical (unpaired) electrons. The number of nitriles is 1. The van der Waals surface area contributed by atoms with Crippen LogP contribution in [0, 0.1) is 25.7 Å². The molecule has 0 unspecified atom stereocenters. The van der Waals surface area contributed by atoms with E-state index >= 15 is 0 Å². The summed E-state index contributed by atoms with van der Waals surface area (Å²) in [5.41, 5.74) is 6.83. The van der Waals surface area contributed by atoms with Crippen molar-refractivity contribution in [3.05, 3.63) is 27.3 Å². The van der Waals surface area contributed by atoms with Crippen LogP contribution < -0.4 is 10.5 Å². The molecule has 0 heterocycles. The van der Waals surface area contributed by atoms with Crippen molar-refractivity contribution in [2.45, 2.75) is 39.8 Å². The van der Waals surface area contributed by atoms with Gasteiger partial charge in [-0.3, -0.25) is 0 Å². The summed E-state index contributed by atoms with van der Waals surface area (Å²) >= 11 is 2.16. The SMILES string of the molecule is CC1(C)C(N)C(C)(C)C1Oc1ccc(C#N)c(I)c1. The van der Waals surface area contributed by atoms with Gasteiger partial charge in [0, 0.05) is 20.4 Å². The van der Waals surface area contributed by atoms with Gasteiger partial charge in [-0.1, -0.05) is 27.7 Å². The number of rotatable bonds is 2. The number of halogens is 1. The standard InChI is InChI=1S/C15H19IN2O/c1-14(2)12(18)15(3,4)13(14)19-10-6-5-9(8-17)11(16)7-10/h5-7,12-13H,18H2,1-4H3. The second kappa shape index (κ2) is 4.64. The highest BCUT2D eigenvalue weighted by molar-refractivity contribution is 14.1. The Morgan fingerprint density at radius 3 is 2.32 bits per heavy atom. The molecule has 0 aliphatic heterocycles. The van der Waals surface area contributed by atoms with Crippen molar-refractivity contribution in [3.63, 3.8) is 0 Å². The number of nitrogens with two attached hydrogens (primary N) is 1. The van der Waals surface area contributed by atoms with E-state index in [0.717, 1.165) is 9.32 Å². The number of hydrogen-bond acceptors (Lipinski definition) is 3. The third-order valence-corrected chi connectivity index (χ3v) is 5.16. The third kappa shape index (κ3) is 2.23. The second-order valence-corrected chi connectivity index (χ2v) is 7.53. The molecule has 2 rings (SSSR count). The molecule has 1 aromatic rings. The molecular formula is C15H19IN2O. The first-order valence-corrected chi connectivity index (χ1v) is 7.41. The Kier molecular flexibility index (Phi) is 3.56. The lowest BCUT2D eigenvalue weighted by Gasteiger charge is -2.61. The molecule has 102 valence electrons. The molecule has 1 aliphatic rings. The molecule has 0 amide bonds. The number of benzene rings is 1. The molecule has 0 aromatic heterocycles. The molecule has 1 fully saturated rings. The van der Waals surface area contributed by atoms with Gasteiger partial charge in [0.2, 0.25) is 0 Å². The average molecular weight is 370 g/mol. The minimum atomic E-state index is -0.0389. The van der Waals surface area contributed by atoms with Crippen molar-refractivity contribution in [2.75, 3.05) is 0 Å². The predicted octanol–water partition coefficient (Wildman–Crippen LogP) is 3.30. The molecule has 1 aliphatic carbocycles. The van der Waals surface area contributed by atoms with E-state index in [1.807, 2.05) is 12.1 Å². The quantitative estimate of drug-likeness (QED) is 0.813. The Labute approximate surface area is 128 Å². The first-order chi connectivity index (χ1) is 8.71. The van der Waals surface area contributed by atoms with Crippen LogP contribution in [-0.4, -0.2) is 12.1 Å². The van der Waals surface area contributed by atoms with Crippen molar-refractivity contribution in [3.8, 4) is 11.8 Å². The van der Waals surface area contributed by atoms with Gasteiger partial charge in [-0.15, -0.1) is 0 Å². The Bertz CT molecular complexity index is 530. The van der Waals surface area contributed by atoms with E-state index in [9.17, 15) is 0 Å². The van der Waals surface area contributed by atoms with Crippen LogP contribution in [0.2, 0.25) is 0 Å². The van der Waals surface area contributed by atoms with Gasteiger partial charge in [-0.05, 0) is 40.8 Å². The van der Waals surface area contributed by atoms with Crippen LogP contribution in [0.25, 0.3) is 0 Å². The lowest BCUT2D eigenvalue weighted by molar-refractivity contribution is -0.155. The average Bonchev–Trinajstić information content (AvgIpc) is 2.34. The highest BCUT2D eigenvalue weighted by Gasteiger charge is 2.61. The fourth-order valence-corrected chi connectivity index (χ4v) is 3.85. The maximum atomic E-state index is 8.94. The summed E-state index contributed by atoms with van der Waals surface area (Å²) < 4.78 is 7.05. The first-order valence-electron chi connectivity index (χ1n) is 6.33. The lowest BCUT2D eigenvalue weighted by Crippen LogP contribution is -2.72. The topological polar surface area (TPSA) is 59.0 Å². The highest BCUT2D eigenvalue weighted by atomic mass is 127. The van der Waals surface area contributed by atoms with Crippen LogP contribution in [0.1, 0.15) is 33.3 Å². The summed E-state index contributed by atoms with van der Waals surface area (Å²) in [5, 5.41) is 8.94. The second-order valence-electron chi connectivity index (χ2n) is 6.37. The summed E-state index contributed by atoms with van der Waals surface area (Å²) in [7, 11) is 0. The normalized spacial score (nSPS) is 27.2. The maximum absolute atomic E-state index is 8.94. The summed E-state index contributed by atoms with van der Waals surface area (Å²) in [6.07, 6.45) is 0.0822. The van der Waals surface area contributed by atoms with Gasteiger partial charge in [0.25, 0.3) is 0 Å². The van der Waals surface area contributed by atoms with Gasteiger partial charge in [-0.25, -0.2) is 0 Å². The zero-order valence-electron chi connectivity index (χ0n) is 11.7. The van der Waals surface area contributed by atoms with Crippen LogP contribution in [0.5, 0.6) is 5.75 Å². The molecule has 2 N–H and O–H groups in total. The monoisotopic (exact) mass is 370 g/mol. The lowest BCUT2D eigenvalue weighted by atomic mass is 9.50. The Morgan fingerprint density at radius 2 is 1.84 bits per heavy atom. The van der Waals surface area contributed by atoms with E-state index in [1.54, 1.807) is 6.07 Å². The van der Waals surface area contributed by atoms with E-state index in [1.165, 1.54) is 0 Å². The minimum absolute atomic E-state index is 0.0389. The van der Waals surface area contributed by atoms with Gasteiger partial charge < -0.3 is 10.5 Å². The fourth-order valence-electron chi connectivity index (χ4n) is 3.25. The molecule has 1 saturated carbocycles. The smallest absolute Gasteiger partial charge is 0.120 e. The summed E-state index contributed by atoms with van der Waals surface area (Å²) in [5.74, 6) is 0.807. The number of hydrogen-bond donors (Lipinski definition) is 1. The Balaban J connectivity index is 2.23. The van der Waals surface area contributed by atoms with E-state index in [2.05, 4.69) is 56.4 Å². The highest BCUT2D eigenvalue weighted by Crippen LogP contribution is 2.54. The summed E-state index contributed by atoms with van der Waals surface area (Å²) in [6, 6.07) is 7.86. The minimum Gasteiger partial charge on any atom is -0.489 e. The van der Waals surface area contributed by atoms with Crippen molar-refractivity contribution in [1.29, 1.82) is 5.26 Å². The van der Waals surface area contributed by atoms with Gasteiger partial charge in [-0.2, -0.15) is 5.26 Å². The van der Waals surface area contributed by atoms with Crippen molar-refractivity contribution >= 4 is 22.6 Å². The van der Waals surface area contributed by atoms with E-state index in [4.69, 9.17) is 15.7 Å². The van der Waals surface area contributed by atoms with E-state index in [0.29, 0.717) is 5.56 Å². The van der Waals surface area contributed by atoms with Crippen molar-refractivity contribution < 1.29 is 4.74 Å². The molecule has 0 saturated heterocycles. The zero-order valence-corrected chi connectivity index (χ0v) is 13.9. The molecular weight excluding hydrogens is 351 g/mol. The third-order valence-electron chi connectivity index (χ3n) is 4.27. The maximum Gasteiger partial charge on any atom is 0.120 e. The summed E-state index contributed by atoms with van der Waals surface area (Å²) in [4.78, 5) is 0. The molecule has 0 atom stereocenters. The van der Waals surface area contributed by atoms with Crippen LogP contribution in [-0.2, 0) is 0 Å². The zero-order chi connectivity index (χ0) is 14.4. The van der Waals surface area contributed by atoms with Gasteiger partial charge in [0.1, 0.15) is 17.9 Å². The van der Waals surface area contributed by atoms with Crippen LogP contribution in [0.4, 0.5) is 0 Å². The van der Waals surface area contributed by atoms with Crippen molar-refractivity contribution in [1.82, 2.24) is 0 Å². The fraction of sp³-hybridized carbons (Fsp3) is 0.533. The molecule has 19 heavy (non-hydrogen) atoms. The van der Waals surface area contributed by atoms with E-state index in [-0.39, 0.29) is 23.0 Å². The first kappa shape index (κ1) is 14.6. The van der Waals surface area contributed by atoms with Crippen LogP contribution >= 0.6 is 22.6 Å². The predicted molar refractivity (Wildman–Crippen MR) is 83.8 cm³/mol. The van der Waals surface area contributed by atoms with Gasteiger partial charge in [0.15, 0.2) is 0 Å². The molecule has 0 spiro atoms. The van der Waals surface area contributed by atoms with Gasteiger partial charge in [0.05, 0.1) is 5.56 Å². The van der Waals surface area contributed by atoms with Crippen molar-refractivity contribution in [2.24, 2.45) is 16.6 Å². The Morgan fingerprint density at radius 1 is 1.26 bits per heavy atom. The largest absolute Gasteiger partial charge is 0.489 e. The Hall–Kier alpha value is -0.800. The molecule has 3 nitrogen and oxygen atoms in total. The number of nitrogens with zero attached hydrogens (tertiary/aromatic N) is 1. The number of ether oxygens (including phenoxy) is 1. The van der Waals surface area contributed by atoms with E-state index < -0.39 is 0 Å².